The normalized spacial score (nSPS) is 11.5. The molecule has 0 aliphatic heterocycles. The third-order valence-electron chi connectivity index (χ3n) is 3.90. The predicted molar refractivity (Wildman–Crippen MR) is 85.2 cm³/mol. The van der Waals surface area contributed by atoms with Crippen LogP contribution in [-0.4, -0.2) is 24.0 Å². The van der Waals surface area contributed by atoms with Crippen molar-refractivity contribution in [2.45, 2.75) is 6.61 Å². The fourth-order valence-corrected chi connectivity index (χ4v) is 2.70. The summed E-state index contributed by atoms with van der Waals surface area (Å²) in [5.41, 5.74) is 11.4. The first kappa shape index (κ1) is 12.8. The Bertz CT molecular complexity index is 999. The zero-order valence-corrected chi connectivity index (χ0v) is 12.1. The number of aliphatic hydroxyl groups excluding tert-OH is 1. The Kier molecular flexibility index (Phi) is 2.67. The summed E-state index contributed by atoms with van der Waals surface area (Å²) in [7, 11) is 1.96. The maximum atomic E-state index is 9.25. The van der Waals surface area contributed by atoms with Gasteiger partial charge in [-0.3, -0.25) is 4.40 Å². The van der Waals surface area contributed by atoms with E-state index in [9.17, 15) is 5.11 Å². The number of anilines is 1. The van der Waals surface area contributed by atoms with Gasteiger partial charge >= 0.3 is 0 Å². The van der Waals surface area contributed by atoms with Crippen molar-refractivity contribution in [3.63, 3.8) is 0 Å². The lowest BCUT2D eigenvalue weighted by atomic mass is 10.1. The summed E-state index contributed by atoms with van der Waals surface area (Å²) in [6.45, 7) is -0.0250. The Balaban J connectivity index is 1.93. The van der Waals surface area contributed by atoms with Crippen LogP contribution < -0.4 is 5.73 Å². The van der Waals surface area contributed by atoms with E-state index in [0.29, 0.717) is 5.82 Å². The van der Waals surface area contributed by atoms with Gasteiger partial charge in [0.1, 0.15) is 17.2 Å². The van der Waals surface area contributed by atoms with Gasteiger partial charge in [0.05, 0.1) is 24.0 Å². The van der Waals surface area contributed by atoms with E-state index in [0.717, 1.165) is 33.5 Å². The Hall–Kier alpha value is -2.86. The van der Waals surface area contributed by atoms with Crippen molar-refractivity contribution in [3.05, 3.63) is 48.4 Å². The number of imidazole rings is 2. The van der Waals surface area contributed by atoms with E-state index >= 15 is 0 Å². The third-order valence-corrected chi connectivity index (χ3v) is 3.90. The highest BCUT2D eigenvalue weighted by molar-refractivity contribution is 5.84. The second kappa shape index (κ2) is 4.57. The Morgan fingerprint density at radius 1 is 1.23 bits per heavy atom. The molecule has 0 spiro atoms. The minimum absolute atomic E-state index is 0.0250. The molecule has 0 saturated carbocycles. The summed E-state index contributed by atoms with van der Waals surface area (Å²) in [5.74, 6) is 0.556. The van der Waals surface area contributed by atoms with E-state index in [1.165, 1.54) is 0 Å². The number of benzene rings is 1. The van der Waals surface area contributed by atoms with Crippen molar-refractivity contribution in [2.24, 2.45) is 7.05 Å². The molecule has 22 heavy (non-hydrogen) atoms. The van der Waals surface area contributed by atoms with Crippen molar-refractivity contribution in [3.8, 4) is 11.3 Å². The Labute approximate surface area is 126 Å². The van der Waals surface area contributed by atoms with Crippen LogP contribution in [0.15, 0.2) is 42.9 Å². The van der Waals surface area contributed by atoms with Crippen LogP contribution in [-0.2, 0) is 13.7 Å². The number of nitrogen functional groups attached to an aromatic ring is 1. The minimum Gasteiger partial charge on any atom is -0.392 e. The van der Waals surface area contributed by atoms with E-state index < -0.39 is 0 Å². The van der Waals surface area contributed by atoms with Crippen molar-refractivity contribution < 1.29 is 5.11 Å². The molecule has 1 aromatic carbocycles. The van der Waals surface area contributed by atoms with E-state index in [2.05, 4.69) is 9.97 Å². The monoisotopic (exact) mass is 293 g/mol. The Morgan fingerprint density at radius 2 is 2.09 bits per heavy atom. The maximum Gasteiger partial charge on any atom is 0.139 e. The lowest BCUT2D eigenvalue weighted by molar-refractivity contribution is 0.281. The van der Waals surface area contributed by atoms with Crippen molar-refractivity contribution in [1.82, 2.24) is 18.9 Å². The first-order valence-electron chi connectivity index (χ1n) is 6.96. The summed E-state index contributed by atoms with van der Waals surface area (Å²) in [4.78, 5) is 8.96. The van der Waals surface area contributed by atoms with Crippen LogP contribution in [0.4, 0.5) is 5.82 Å². The molecule has 0 bridgehead atoms. The van der Waals surface area contributed by atoms with Crippen molar-refractivity contribution in [2.75, 3.05) is 5.73 Å². The number of hydrogen-bond donors (Lipinski definition) is 2. The van der Waals surface area contributed by atoms with E-state index in [1.807, 2.05) is 41.9 Å². The molecule has 0 unspecified atom stereocenters. The van der Waals surface area contributed by atoms with Gasteiger partial charge < -0.3 is 15.4 Å². The number of aryl methyl sites for hydroxylation is 1. The number of aromatic nitrogens is 4. The molecule has 110 valence electrons. The second-order valence-electron chi connectivity index (χ2n) is 5.33. The molecular weight excluding hydrogens is 278 g/mol. The van der Waals surface area contributed by atoms with Crippen LogP contribution in [0.2, 0.25) is 0 Å². The number of aliphatic hydroxyl groups is 1. The highest BCUT2D eigenvalue weighted by Gasteiger charge is 2.13. The molecule has 4 aromatic rings. The molecule has 4 rings (SSSR count). The van der Waals surface area contributed by atoms with Gasteiger partial charge in [-0.1, -0.05) is 12.1 Å². The zero-order valence-electron chi connectivity index (χ0n) is 12.1. The summed E-state index contributed by atoms with van der Waals surface area (Å²) in [6.07, 6.45) is 3.59. The SMILES string of the molecule is Cn1cnc2cc(-c3nc4ccc(CO)cn4c3N)ccc21. The molecular formula is C16H15N5O. The number of nitrogens with zero attached hydrogens (tertiary/aromatic N) is 4. The second-order valence-corrected chi connectivity index (χ2v) is 5.33. The summed E-state index contributed by atoms with van der Waals surface area (Å²) < 4.78 is 3.77. The fraction of sp³-hybridized carbons (Fsp3) is 0.125. The van der Waals surface area contributed by atoms with Gasteiger partial charge in [-0.15, -0.1) is 0 Å². The average Bonchev–Trinajstić information content (AvgIpc) is 3.08. The van der Waals surface area contributed by atoms with Crippen molar-refractivity contribution in [1.29, 1.82) is 0 Å². The molecule has 0 aliphatic carbocycles. The molecule has 3 aromatic heterocycles. The zero-order chi connectivity index (χ0) is 15.3. The summed E-state index contributed by atoms with van der Waals surface area (Å²) in [6, 6.07) is 9.69. The molecule has 6 nitrogen and oxygen atoms in total. The fourth-order valence-electron chi connectivity index (χ4n) is 2.70. The molecule has 0 amide bonds. The number of nitrogens with two attached hydrogens (primary N) is 1. The smallest absolute Gasteiger partial charge is 0.139 e. The lowest BCUT2D eigenvalue weighted by Crippen LogP contribution is -1.96. The van der Waals surface area contributed by atoms with E-state index in [1.54, 1.807) is 16.9 Å². The van der Waals surface area contributed by atoms with Gasteiger partial charge in [0, 0.05) is 18.8 Å². The minimum atomic E-state index is -0.0250. The average molecular weight is 293 g/mol. The van der Waals surface area contributed by atoms with Gasteiger partial charge in [0.2, 0.25) is 0 Å². The molecule has 0 fully saturated rings. The predicted octanol–water partition coefficient (Wildman–Crippen LogP) is 1.96. The Morgan fingerprint density at radius 3 is 2.91 bits per heavy atom. The topological polar surface area (TPSA) is 81.4 Å². The molecule has 3 N–H and O–H groups in total. The number of hydrogen-bond acceptors (Lipinski definition) is 4. The van der Waals surface area contributed by atoms with Gasteiger partial charge in [-0.05, 0) is 23.8 Å². The van der Waals surface area contributed by atoms with Crippen LogP contribution in [0.1, 0.15) is 5.56 Å². The lowest BCUT2D eigenvalue weighted by Gasteiger charge is -2.01. The molecule has 3 heterocycles. The highest BCUT2D eigenvalue weighted by atomic mass is 16.3. The van der Waals surface area contributed by atoms with Gasteiger partial charge in [-0.2, -0.15) is 0 Å². The van der Waals surface area contributed by atoms with Gasteiger partial charge in [-0.25, -0.2) is 9.97 Å². The number of pyridine rings is 1. The summed E-state index contributed by atoms with van der Waals surface area (Å²) in [5, 5.41) is 9.25. The summed E-state index contributed by atoms with van der Waals surface area (Å²) >= 11 is 0. The molecule has 6 heteroatoms. The molecule has 0 saturated heterocycles. The molecule has 0 radical (unpaired) electrons. The van der Waals surface area contributed by atoms with Crippen LogP contribution in [0, 0.1) is 0 Å². The molecule has 0 aliphatic rings. The van der Waals surface area contributed by atoms with Crippen LogP contribution in [0.25, 0.3) is 27.9 Å². The van der Waals surface area contributed by atoms with Crippen molar-refractivity contribution >= 4 is 22.5 Å². The first-order valence-corrected chi connectivity index (χ1v) is 6.96. The highest BCUT2D eigenvalue weighted by Crippen LogP contribution is 2.28. The van der Waals surface area contributed by atoms with Gasteiger partial charge in [0.15, 0.2) is 0 Å². The first-order chi connectivity index (χ1) is 10.7. The largest absolute Gasteiger partial charge is 0.392 e. The number of rotatable bonds is 2. The molecule has 0 atom stereocenters. The maximum absolute atomic E-state index is 9.25. The van der Waals surface area contributed by atoms with Crippen LogP contribution in [0.3, 0.4) is 0 Å². The quantitative estimate of drug-likeness (QED) is 0.592. The van der Waals surface area contributed by atoms with Gasteiger partial charge in [0.25, 0.3) is 0 Å². The van der Waals surface area contributed by atoms with Crippen LogP contribution >= 0.6 is 0 Å². The van der Waals surface area contributed by atoms with E-state index in [4.69, 9.17) is 5.73 Å². The third kappa shape index (κ3) is 1.78. The number of fused-ring (bicyclic) bond motifs is 2. The van der Waals surface area contributed by atoms with Crippen LogP contribution in [0.5, 0.6) is 0 Å². The van der Waals surface area contributed by atoms with E-state index in [-0.39, 0.29) is 6.61 Å². The standard InChI is InChI=1S/C16H15N5O/c1-20-9-18-12-6-11(3-4-13(12)20)15-16(17)21-7-10(8-22)2-5-14(21)19-15/h2-7,9,22H,8,17H2,1H3.